The zero-order valence-corrected chi connectivity index (χ0v) is 20.4. The molecule has 0 radical (unpaired) electrons. The molecule has 0 spiro atoms. The van der Waals surface area contributed by atoms with Gasteiger partial charge in [-0.25, -0.2) is 0 Å². The first-order chi connectivity index (χ1) is 15.0. The van der Waals surface area contributed by atoms with Crippen LogP contribution in [0, 0.1) is 0 Å². The van der Waals surface area contributed by atoms with Gasteiger partial charge in [-0.05, 0) is 46.6 Å². The van der Waals surface area contributed by atoms with Crippen molar-refractivity contribution in [1.29, 1.82) is 0 Å². The summed E-state index contributed by atoms with van der Waals surface area (Å²) in [4.78, 5) is 11.5. The van der Waals surface area contributed by atoms with Gasteiger partial charge in [0, 0.05) is 0 Å². The van der Waals surface area contributed by atoms with Crippen molar-refractivity contribution >= 4 is 16.0 Å². The average molecular weight is 464 g/mol. The third-order valence-corrected chi connectivity index (χ3v) is 7.00. The van der Waals surface area contributed by atoms with Crippen molar-refractivity contribution in [3.05, 3.63) is 53.0 Å². The van der Waals surface area contributed by atoms with Crippen LogP contribution in [-0.4, -0.2) is 27.2 Å². The predicted molar refractivity (Wildman–Crippen MR) is 121 cm³/mol. The molecule has 1 amide bonds. The van der Waals surface area contributed by atoms with Crippen molar-refractivity contribution < 1.29 is 26.5 Å². The second kappa shape index (κ2) is 9.77. The van der Waals surface area contributed by atoms with E-state index in [9.17, 15) is 13.2 Å². The number of ether oxygens (including phenoxy) is 1. The number of benzene rings is 1. The Labute approximate surface area is 190 Å². The first-order valence-electron chi connectivity index (χ1n) is 11.0. The highest BCUT2D eigenvalue weighted by atomic mass is 32.2. The van der Waals surface area contributed by atoms with E-state index < -0.39 is 22.4 Å². The van der Waals surface area contributed by atoms with Crippen LogP contribution < -0.4 is 5.32 Å². The molecule has 2 heterocycles. The third-order valence-electron chi connectivity index (χ3n) is 5.59. The second-order valence-electron chi connectivity index (χ2n) is 9.13. The first kappa shape index (κ1) is 24.5. The fraction of sp³-hybridized carbons (Fsp3) is 0.542. The van der Waals surface area contributed by atoms with Crippen molar-refractivity contribution in [3.8, 4) is 0 Å². The number of carbonyl (C=O) groups is 1. The van der Waals surface area contributed by atoms with Crippen LogP contribution in [0.3, 0.4) is 0 Å². The first-order valence-corrected chi connectivity index (χ1v) is 12.5. The lowest BCUT2D eigenvalue weighted by Crippen LogP contribution is -2.50. The highest BCUT2D eigenvalue weighted by molar-refractivity contribution is 7.86. The van der Waals surface area contributed by atoms with Gasteiger partial charge in [-0.15, -0.1) is 0 Å². The standard InChI is InChI=1S/C24H33NO6S/c1-14(2)17-10-18(15(3)4)24(19(11-17)16(5)6)32(27,28)30-13-21(20-8-7-9-29-20)31-23-12-22(26)25-23/h7-11,14-16,21,23H,12-13H2,1-6H3,(H,25,26)/t21-,23+/m1/s1. The maximum atomic E-state index is 13.5. The zero-order valence-electron chi connectivity index (χ0n) is 19.5. The molecule has 1 aromatic carbocycles. The molecular weight excluding hydrogens is 430 g/mol. The fourth-order valence-corrected chi connectivity index (χ4v) is 5.25. The number of carbonyl (C=O) groups excluding carboxylic acids is 1. The molecule has 1 aliphatic rings. The van der Waals surface area contributed by atoms with Crippen LogP contribution in [-0.2, 0) is 23.8 Å². The Kier molecular flexibility index (Phi) is 7.47. The molecule has 1 aliphatic heterocycles. The zero-order chi connectivity index (χ0) is 23.6. The minimum atomic E-state index is -4.08. The monoisotopic (exact) mass is 463 g/mol. The smallest absolute Gasteiger partial charge is 0.297 e. The third kappa shape index (κ3) is 5.42. The molecule has 2 atom stereocenters. The van der Waals surface area contributed by atoms with Gasteiger partial charge in [-0.2, -0.15) is 8.42 Å². The fourth-order valence-electron chi connectivity index (χ4n) is 3.66. The van der Waals surface area contributed by atoms with Crippen molar-refractivity contribution in [2.75, 3.05) is 6.61 Å². The van der Waals surface area contributed by atoms with E-state index in [2.05, 4.69) is 19.2 Å². The van der Waals surface area contributed by atoms with Crippen LogP contribution in [0.15, 0.2) is 39.8 Å². The molecule has 1 N–H and O–H groups in total. The molecular formula is C24H33NO6S. The summed E-state index contributed by atoms with van der Waals surface area (Å²) in [5.74, 6) is 0.598. The van der Waals surface area contributed by atoms with E-state index in [4.69, 9.17) is 13.3 Å². The Morgan fingerprint density at radius 2 is 1.66 bits per heavy atom. The summed E-state index contributed by atoms with van der Waals surface area (Å²) in [5, 5.41) is 2.62. The van der Waals surface area contributed by atoms with Crippen LogP contribution in [0.2, 0.25) is 0 Å². The molecule has 1 fully saturated rings. The summed E-state index contributed by atoms with van der Waals surface area (Å²) in [5.41, 5.74) is 2.61. The number of rotatable bonds is 10. The maximum absolute atomic E-state index is 13.5. The molecule has 0 aliphatic carbocycles. The number of nitrogens with one attached hydrogen (secondary N) is 1. The summed E-state index contributed by atoms with van der Waals surface area (Å²) < 4.78 is 43.8. The van der Waals surface area contributed by atoms with Crippen LogP contribution in [0.1, 0.15) is 94.3 Å². The minimum Gasteiger partial charge on any atom is -0.466 e. The molecule has 3 rings (SSSR count). The Balaban J connectivity index is 1.93. The van der Waals surface area contributed by atoms with Gasteiger partial charge >= 0.3 is 0 Å². The number of furan rings is 1. The Morgan fingerprint density at radius 1 is 1.06 bits per heavy atom. The van der Waals surface area contributed by atoms with Gasteiger partial charge < -0.3 is 14.5 Å². The second-order valence-corrected chi connectivity index (χ2v) is 10.7. The molecule has 0 bridgehead atoms. The summed E-state index contributed by atoms with van der Waals surface area (Å²) in [6.07, 6.45) is 0.435. The number of amides is 1. The van der Waals surface area contributed by atoms with E-state index in [1.165, 1.54) is 6.26 Å². The lowest BCUT2D eigenvalue weighted by molar-refractivity contribution is -0.149. The minimum absolute atomic E-state index is 0.00174. The molecule has 0 unspecified atom stereocenters. The van der Waals surface area contributed by atoms with Crippen molar-refractivity contribution in [3.63, 3.8) is 0 Å². The summed E-state index contributed by atoms with van der Waals surface area (Å²) in [7, 11) is -4.08. The summed E-state index contributed by atoms with van der Waals surface area (Å²) >= 11 is 0. The molecule has 7 nitrogen and oxygen atoms in total. The van der Waals surface area contributed by atoms with Gasteiger partial charge in [0.05, 0.1) is 12.7 Å². The lowest BCUT2D eigenvalue weighted by atomic mass is 9.89. The summed E-state index contributed by atoms with van der Waals surface area (Å²) in [6.45, 7) is 11.9. The van der Waals surface area contributed by atoms with E-state index >= 15 is 0 Å². The van der Waals surface area contributed by atoms with E-state index in [-0.39, 0.29) is 41.6 Å². The molecule has 8 heteroatoms. The largest absolute Gasteiger partial charge is 0.466 e. The quantitative estimate of drug-likeness (QED) is 0.395. The van der Waals surface area contributed by atoms with Gasteiger partial charge in [0.1, 0.15) is 29.6 Å². The average Bonchev–Trinajstić information content (AvgIpc) is 3.22. The van der Waals surface area contributed by atoms with Crippen LogP contribution in [0.5, 0.6) is 0 Å². The molecule has 1 saturated heterocycles. The maximum Gasteiger partial charge on any atom is 0.297 e. The molecule has 176 valence electrons. The van der Waals surface area contributed by atoms with Crippen molar-refractivity contribution in [1.82, 2.24) is 5.32 Å². The number of β-lactam (4-membered cyclic amide) rings is 1. The SMILES string of the molecule is CC(C)c1cc(C(C)C)c(S(=O)(=O)OC[C@@H](O[C@H]2CC(=O)N2)c2ccco2)c(C(C)C)c1. The van der Waals surface area contributed by atoms with Crippen molar-refractivity contribution in [2.45, 2.75) is 82.9 Å². The van der Waals surface area contributed by atoms with E-state index in [0.717, 1.165) is 16.7 Å². The Hall–Kier alpha value is -2.16. The Morgan fingerprint density at radius 3 is 2.09 bits per heavy atom. The molecule has 0 saturated carbocycles. The highest BCUT2D eigenvalue weighted by Crippen LogP contribution is 2.36. The predicted octanol–water partition coefficient (Wildman–Crippen LogP) is 4.96. The number of hydrogen-bond acceptors (Lipinski definition) is 6. The van der Waals surface area contributed by atoms with Gasteiger partial charge in [-0.3, -0.25) is 8.98 Å². The van der Waals surface area contributed by atoms with Crippen LogP contribution >= 0.6 is 0 Å². The Bertz CT molecular complexity index is 1000. The molecule has 32 heavy (non-hydrogen) atoms. The van der Waals surface area contributed by atoms with E-state index in [1.54, 1.807) is 12.1 Å². The highest BCUT2D eigenvalue weighted by Gasteiger charge is 2.33. The van der Waals surface area contributed by atoms with Gasteiger partial charge in [-0.1, -0.05) is 53.7 Å². The lowest BCUT2D eigenvalue weighted by Gasteiger charge is -2.30. The van der Waals surface area contributed by atoms with Crippen LogP contribution in [0.4, 0.5) is 0 Å². The molecule has 1 aromatic heterocycles. The van der Waals surface area contributed by atoms with E-state index in [0.29, 0.717) is 5.76 Å². The van der Waals surface area contributed by atoms with Crippen molar-refractivity contribution in [2.24, 2.45) is 0 Å². The van der Waals surface area contributed by atoms with Gasteiger partial charge in [0.15, 0.2) is 0 Å². The topological polar surface area (TPSA) is 94.8 Å². The van der Waals surface area contributed by atoms with Gasteiger partial charge in [0.25, 0.3) is 10.1 Å². The molecule has 2 aromatic rings. The van der Waals surface area contributed by atoms with Crippen LogP contribution in [0.25, 0.3) is 0 Å². The van der Waals surface area contributed by atoms with Gasteiger partial charge in [0.2, 0.25) is 5.91 Å². The number of hydrogen-bond donors (Lipinski definition) is 1. The summed E-state index contributed by atoms with van der Waals surface area (Å²) in [6, 6.07) is 7.33. The van der Waals surface area contributed by atoms with E-state index in [1.807, 2.05) is 39.8 Å². The normalized spacial score (nSPS) is 17.7.